The van der Waals surface area contributed by atoms with Crippen molar-refractivity contribution >= 4 is 33.3 Å². The van der Waals surface area contributed by atoms with E-state index in [4.69, 9.17) is 0 Å². The van der Waals surface area contributed by atoms with E-state index in [0.29, 0.717) is 36.9 Å². The minimum Gasteiger partial charge on any atom is -0.365 e. The van der Waals surface area contributed by atoms with E-state index >= 15 is 0 Å². The predicted molar refractivity (Wildman–Crippen MR) is 155 cm³/mol. The van der Waals surface area contributed by atoms with Gasteiger partial charge in [0, 0.05) is 25.8 Å². The summed E-state index contributed by atoms with van der Waals surface area (Å²) in [5.74, 6) is -0.109. The molecule has 0 radical (unpaired) electrons. The predicted octanol–water partition coefficient (Wildman–Crippen LogP) is 3.71. The van der Waals surface area contributed by atoms with Gasteiger partial charge in [-0.1, -0.05) is 61.5 Å². The number of anilines is 1. The minimum atomic E-state index is -3.78. The third-order valence-electron chi connectivity index (χ3n) is 8.35. The van der Waals surface area contributed by atoms with Gasteiger partial charge in [0.1, 0.15) is 16.9 Å². The lowest BCUT2D eigenvalue weighted by Crippen LogP contribution is -2.44. The zero-order valence-corrected chi connectivity index (χ0v) is 23.8. The zero-order chi connectivity index (χ0) is 28.8. The lowest BCUT2D eigenvalue weighted by atomic mass is 9.73. The first-order chi connectivity index (χ1) is 19.7. The van der Waals surface area contributed by atoms with Crippen molar-refractivity contribution in [1.29, 1.82) is 0 Å². The van der Waals surface area contributed by atoms with Crippen LogP contribution in [0.3, 0.4) is 0 Å². The molecule has 2 N–H and O–H groups in total. The molecule has 1 atom stereocenters. The molecule has 0 saturated carbocycles. The summed E-state index contributed by atoms with van der Waals surface area (Å²) in [6, 6.07) is 18.4. The second-order valence-electron chi connectivity index (χ2n) is 11.1. The van der Waals surface area contributed by atoms with Gasteiger partial charge in [0.2, 0.25) is 10.0 Å². The number of hydrogen-bond acceptors (Lipinski definition) is 7. The number of likely N-dealkylation sites (tertiary alicyclic amines) is 1. The second-order valence-corrected chi connectivity index (χ2v) is 12.9. The number of benzene rings is 2. The van der Waals surface area contributed by atoms with Gasteiger partial charge in [-0.3, -0.25) is 9.59 Å². The highest BCUT2D eigenvalue weighted by Crippen LogP contribution is 2.51. The van der Waals surface area contributed by atoms with Crippen molar-refractivity contribution in [3.63, 3.8) is 0 Å². The highest BCUT2D eigenvalue weighted by Gasteiger charge is 2.44. The van der Waals surface area contributed by atoms with E-state index in [0.717, 1.165) is 31.1 Å². The molecule has 1 aliphatic heterocycles. The summed E-state index contributed by atoms with van der Waals surface area (Å²) >= 11 is 0. The molecule has 1 aliphatic carbocycles. The Bertz CT molecular complexity index is 1740. The summed E-state index contributed by atoms with van der Waals surface area (Å²) in [6.07, 6.45) is 6.48. The highest BCUT2D eigenvalue weighted by atomic mass is 32.2. The molecular formula is C30H32N6O4S. The Kier molecular flexibility index (Phi) is 6.77. The summed E-state index contributed by atoms with van der Waals surface area (Å²) in [5.41, 5.74) is 4.40. The van der Waals surface area contributed by atoms with E-state index in [-0.39, 0.29) is 22.5 Å². The number of nitrogens with zero attached hydrogens (tertiary/aromatic N) is 4. The Hall–Kier alpha value is -4.25. The molecule has 1 fully saturated rings. The molecular weight excluding hydrogens is 540 g/mol. The smallest absolute Gasteiger partial charge is 0.270 e. The average Bonchev–Trinajstić information content (AvgIpc) is 3.51. The Morgan fingerprint density at radius 2 is 1.71 bits per heavy atom. The van der Waals surface area contributed by atoms with Crippen LogP contribution in [0.2, 0.25) is 0 Å². The topological polar surface area (TPSA) is 126 Å². The molecule has 3 heterocycles. The maximum atomic E-state index is 14.0. The van der Waals surface area contributed by atoms with Crippen molar-refractivity contribution in [2.45, 2.75) is 44.1 Å². The van der Waals surface area contributed by atoms with Gasteiger partial charge >= 0.3 is 0 Å². The summed E-state index contributed by atoms with van der Waals surface area (Å²) < 4.78 is 26.7. The van der Waals surface area contributed by atoms with Crippen LogP contribution in [0, 0.1) is 0 Å². The number of piperidine rings is 1. The number of aromatic nitrogens is 3. The Labute approximate surface area is 238 Å². The number of sulfonamides is 1. The fourth-order valence-electron chi connectivity index (χ4n) is 6.42. The first-order valence-electron chi connectivity index (χ1n) is 13.7. The average molecular weight is 573 g/mol. The molecule has 2 aromatic carbocycles. The van der Waals surface area contributed by atoms with Crippen molar-refractivity contribution in [2.24, 2.45) is 0 Å². The lowest BCUT2D eigenvalue weighted by Gasteiger charge is -2.40. The molecule has 2 aliphatic rings. The molecule has 2 amide bonds. The number of amides is 2. The quantitative estimate of drug-likeness (QED) is 0.361. The van der Waals surface area contributed by atoms with E-state index in [2.05, 4.69) is 46.6 Å². The molecule has 6 rings (SSSR count). The molecule has 1 unspecified atom stereocenters. The number of hydrogen-bond donors (Lipinski definition) is 2. The van der Waals surface area contributed by atoms with Gasteiger partial charge in [-0.05, 0) is 47.3 Å². The first kappa shape index (κ1) is 26.9. The van der Waals surface area contributed by atoms with E-state index in [1.54, 1.807) is 0 Å². The SMILES string of the molecule is CC1CC2(CCN(C(=O)c3cnc4c(C(=O)NS(C)(=O)=O)cnn4c3NCc3ccccc3)CC2)c2ccccc21. The molecule has 4 aromatic rings. The maximum absolute atomic E-state index is 14.0. The van der Waals surface area contributed by atoms with Crippen molar-refractivity contribution in [3.8, 4) is 0 Å². The normalized spacial score (nSPS) is 17.9. The van der Waals surface area contributed by atoms with Crippen LogP contribution in [0.25, 0.3) is 5.65 Å². The largest absolute Gasteiger partial charge is 0.365 e. The van der Waals surface area contributed by atoms with Crippen LogP contribution >= 0.6 is 0 Å². The Morgan fingerprint density at radius 3 is 2.44 bits per heavy atom. The van der Waals surface area contributed by atoms with E-state index < -0.39 is 15.9 Å². The first-order valence-corrected chi connectivity index (χ1v) is 15.6. The summed E-state index contributed by atoms with van der Waals surface area (Å²) in [5, 5.41) is 7.65. The molecule has 41 heavy (non-hydrogen) atoms. The molecule has 2 aromatic heterocycles. The van der Waals surface area contributed by atoms with Crippen LogP contribution < -0.4 is 10.0 Å². The van der Waals surface area contributed by atoms with Gasteiger partial charge < -0.3 is 10.2 Å². The van der Waals surface area contributed by atoms with Crippen LogP contribution in [0.1, 0.15) is 69.5 Å². The number of carbonyl (C=O) groups excluding carboxylic acids is 2. The lowest BCUT2D eigenvalue weighted by molar-refractivity contribution is 0.0663. The van der Waals surface area contributed by atoms with Gasteiger partial charge in [-0.15, -0.1) is 0 Å². The number of rotatable bonds is 6. The standard InChI is InChI=1S/C30H32N6O4S/c1-20-16-30(25-11-7-6-10-22(20)25)12-14-35(15-13-30)29(38)24-18-32-26-23(28(37)34-41(2,39)40)19-33-36(26)27(24)31-17-21-8-4-3-5-9-21/h3-11,18-20,31H,12-17H2,1-2H3,(H,34,37). The molecule has 212 valence electrons. The Balaban J connectivity index is 1.30. The third kappa shape index (κ3) is 5.06. The summed E-state index contributed by atoms with van der Waals surface area (Å²) in [6.45, 7) is 3.93. The number of carbonyl (C=O) groups is 2. The number of nitrogens with one attached hydrogen (secondary N) is 2. The molecule has 1 saturated heterocycles. The monoisotopic (exact) mass is 572 g/mol. The Morgan fingerprint density at radius 1 is 1.00 bits per heavy atom. The molecule has 0 bridgehead atoms. The molecule has 11 heteroatoms. The minimum absolute atomic E-state index is 0.00822. The maximum Gasteiger partial charge on any atom is 0.270 e. The van der Waals surface area contributed by atoms with Crippen molar-refractivity contribution < 1.29 is 18.0 Å². The van der Waals surface area contributed by atoms with Crippen LogP contribution in [-0.4, -0.2) is 59.1 Å². The summed E-state index contributed by atoms with van der Waals surface area (Å²) in [7, 11) is -3.78. The van der Waals surface area contributed by atoms with E-state index in [9.17, 15) is 18.0 Å². The fraction of sp³-hybridized carbons (Fsp3) is 0.333. The van der Waals surface area contributed by atoms with E-state index in [1.807, 2.05) is 40.0 Å². The molecule has 10 nitrogen and oxygen atoms in total. The summed E-state index contributed by atoms with van der Waals surface area (Å²) in [4.78, 5) is 32.9. The van der Waals surface area contributed by atoms with Crippen LogP contribution in [0.5, 0.6) is 0 Å². The van der Waals surface area contributed by atoms with Gasteiger partial charge in [0.25, 0.3) is 11.8 Å². The van der Waals surface area contributed by atoms with Gasteiger partial charge in [0.15, 0.2) is 5.65 Å². The van der Waals surface area contributed by atoms with Crippen LogP contribution in [0.4, 0.5) is 5.82 Å². The molecule has 1 spiro atoms. The second kappa shape index (κ2) is 10.3. The highest BCUT2D eigenvalue weighted by molar-refractivity contribution is 7.89. The van der Waals surface area contributed by atoms with Crippen molar-refractivity contribution in [1.82, 2.24) is 24.2 Å². The van der Waals surface area contributed by atoms with Gasteiger partial charge in [-0.25, -0.2) is 18.1 Å². The van der Waals surface area contributed by atoms with Crippen LogP contribution in [0.15, 0.2) is 67.0 Å². The number of fused-ring (bicyclic) bond motifs is 3. The van der Waals surface area contributed by atoms with Gasteiger partial charge in [-0.2, -0.15) is 9.61 Å². The van der Waals surface area contributed by atoms with Gasteiger partial charge in [0.05, 0.1) is 12.5 Å². The van der Waals surface area contributed by atoms with Crippen molar-refractivity contribution in [2.75, 3.05) is 24.7 Å². The zero-order valence-electron chi connectivity index (χ0n) is 23.0. The fourth-order valence-corrected chi connectivity index (χ4v) is 6.87. The van der Waals surface area contributed by atoms with Crippen LogP contribution in [-0.2, 0) is 22.0 Å². The van der Waals surface area contributed by atoms with E-state index in [1.165, 1.54) is 28.0 Å². The van der Waals surface area contributed by atoms with Crippen molar-refractivity contribution in [3.05, 3.63) is 94.8 Å². The third-order valence-corrected chi connectivity index (χ3v) is 8.91.